The molecule has 0 fully saturated rings. The van der Waals surface area contributed by atoms with Gasteiger partial charge in [0.05, 0.1) is 6.26 Å². The summed E-state index contributed by atoms with van der Waals surface area (Å²) < 4.78 is 5.47. The molecule has 0 bridgehead atoms. The van der Waals surface area contributed by atoms with Crippen LogP contribution in [0.5, 0.6) is 0 Å². The predicted molar refractivity (Wildman–Crippen MR) is 51.8 cm³/mol. The van der Waals surface area contributed by atoms with Gasteiger partial charge in [0.25, 0.3) is 0 Å². The highest BCUT2D eigenvalue weighted by Crippen LogP contribution is 2.31. The van der Waals surface area contributed by atoms with Gasteiger partial charge in [0.1, 0.15) is 6.10 Å². The second kappa shape index (κ2) is 3.79. The molecule has 0 amide bonds. The first-order valence-corrected chi connectivity index (χ1v) is 4.59. The molecule has 0 aromatic heterocycles. The van der Waals surface area contributed by atoms with Crippen molar-refractivity contribution in [1.29, 1.82) is 0 Å². The second-order valence-electron chi connectivity index (χ2n) is 3.74. The molecule has 1 nitrogen and oxygen atoms in total. The summed E-state index contributed by atoms with van der Waals surface area (Å²) in [4.78, 5) is 0. The number of hydrogen-bond acceptors (Lipinski definition) is 1. The Morgan fingerprint density at radius 3 is 2.83 bits per heavy atom. The lowest BCUT2D eigenvalue weighted by Crippen LogP contribution is -2.29. The Bertz CT molecular complexity index is 193. The van der Waals surface area contributed by atoms with Crippen LogP contribution >= 0.6 is 0 Å². The zero-order valence-electron chi connectivity index (χ0n) is 8.21. The monoisotopic (exact) mass is 166 g/mol. The lowest BCUT2D eigenvalue weighted by molar-refractivity contribution is 0.0898. The Labute approximate surface area is 75.1 Å². The molecule has 1 aliphatic carbocycles. The minimum atomic E-state index is 0.256. The Hall–Kier alpha value is -0.720. The summed E-state index contributed by atoms with van der Waals surface area (Å²) in [5.74, 6) is 1.33. The van der Waals surface area contributed by atoms with Gasteiger partial charge in [0.15, 0.2) is 0 Å². The Morgan fingerprint density at radius 2 is 2.25 bits per heavy atom. The Balaban J connectivity index is 2.72. The van der Waals surface area contributed by atoms with Crippen LogP contribution in [0.1, 0.15) is 27.2 Å². The molecule has 3 atom stereocenters. The van der Waals surface area contributed by atoms with Crippen LogP contribution < -0.4 is 0 Å². The summed E-state index contributed by atoms with van der Waals surface area (Å²) in [5.41, 5.74) is 1.35. The van der Waals surface area contributed by atoms with Gasteiger partial charge >= 0.3 is 0 Å². The lowest BCUT2D eigenvalue weighted by Gasteiger charge is -2.32. The highest BCUT2D eigenvalue weighted by molar-refractivity contribution is 5.12. The van der Waals surface area contributed by atoms with E-state index in [1.54, 1.807) is 6.26 Å². The van der Waals surface area contributed by atoms with Crippen LogP contribution in [0.2, 0.25) is 0 Å². The smallest absolute Gasteiger partial charge is 0.121 e. The van der Waals surface area contributed by atoms with Crippen LogP contribution in [0.4, 0.5) is 0 Å². The van der Waals surface area contributed by atoms with E-state index >= 15 is 0 Å². The van der Waals surface area contributed by atoms with Crippen molar-refractivity contribution in [1.82, 2.24) is 0 Å². The van der Waals surface area contributed by atoms with Gasteiger partial charge in [0, 0.05) is 0 Å². The molecule has 0 radical (unpaired) electrons. The maximum atomic E-state index is 5.47. The molecule has 0 aromatic carbocycles. The molecule has 0 unspecified atom stereocenters. The van der Waals surface area contributed by atoms with Gasteiger partial charge in [-0.2, -0.15) is 0 Å². The topological polar surface area (TPSA) is 9.23 Å². The molecule has 0 aliphatic heterocycles. The third kappa shape index (κ3) is 1.71. The van der Waals surface area contributed by atoms with Crippen LogP contribution in [-0.2, 0) is 4.74 Å². The van der Waals surface area contributed by atoms with Crippen LogP contribution in [0.25, 0.3) is 0 Å². The van der Waals surface area contributed by atoms with E-state index in [4.69, 9.17) is 4.74 Å². The van der Waals surface area contributed by atoms with Gasteiger partial charge in [-0.25, -0.2) is 0 Å². The van der Waals surface area contributed by atoms with Crippen molar-refractivity contribution >= 4 is 0 Å². The molecule has 0 saturated heterocycles. The average molecular weight is 166 g/mol. The van der Waals surface area contributed by atoms with Crippen molar-refractivity contribution in [3.8, 4) is 0 Å². The van der Waals surface area contributed by atoms with Gasteiger partial charge < -0.3 is 4.74 Å². The summed E-state index contributed by atoms with van der Waals surface area (Å²) in [7, 11) is 0. The lowest BCUT2D eigenvalue weighted by atomic mass is 9.80. The van der Waals surface area contributed by atoms with Crippen LogP contribution in [-0.4, -0.2) is 6.10 Å². The molecular formula is C11H18O. The van der Waals surface area contributed by atoms with E-state index < -0.39 is 0 Å². The zero-order valence-corrected chi connectivity index (χ0v) is 8.21. The highest BCUT2D eigenvalue weighted by Gasteiger charge is 2.27. The van der Waals surface area contributed by atoms with Gasteiger partial charge in [-0.1, -0.05) is 26.5 Å². The average Bonchev–Trinajstić information content (AvgIpc) is 2.06. The molecule has 0 aromatic rings. The Morgan fingerprint density at radius 1 is 1.58 bits per heavy atom. The quantitative estimate of drug-likeness (QED) is 0.452. The zero-order chi connectivity index (χ0) is 9.14. The first kappa shape index (κ1) is 9.37. The van der Waals surface area contributed by atoms with E-state index in [0.717, 1.165) is 5.92 Å². The maximum Gasteiger partial charge on any atom is 0.121 e. The maximum absolute atomic E-state index is 5.47. The molecule has 68 valence electrons. The van der Waals surface area contributed by atoms with Gasteiger partial charge in [-0.3, -0.25) is 0 Å². The van der Waals surface area contributed by atoms with Crippen LogP contribution in [0.15, 0.2) is 24.5 Å². The number of rotatable bonds is 2. The molecule has 0 spiro atoms. The van der Waals surface area contributed by atoms with Crippen molar-refractivity contribution in [2.45, 2.75) is 33.3 Å². The third-order valence-corrected chi connectivity index (χ3v) is 2.88. The fraction of sp³-hybridized carbons (Fsp3) is 0.636. The van der Waals surface area contributed by atoms with Gasteiger partial charge in [-0.15, -0.1) is 0 Å². The van der Waals surface area contributed by atoms with Crippen molar-refractivity contribution in [2.24, 2.45) is 11.8 Å². The van der Waals surface area contributed by atoms with Crippen molar-refractivity contribution in [2.75, 3.05) is 0 Å². The fourth-order valence-corrected chi connectivity index (χ4v) is 1.75. The molecule has 0 N–H and O–H groups in total. The largest absolute Gasteiger partial charge is 0.494 e. The van der Waals surface area contributed by atoms with E-state index in [9.17, 15) is 0 Å². The van der Waals surface area contributed by atoms with Crippen molar-refractivity contribution in [3.63, 3.8) is 0 Å². The molecule has 12 heavy (non-hydrogen) atoms. The summed E-state index contributed by atoms with van der Waals surface area (Å²) in [6.45, 7) is 10.3. The predicted octanol–water partition coefficient (Wildman–Crippen LogP) is 3.14. The third-order valence-electron chi connectivity index (χ3n) is 2.88. The van der Waals surface area contributed by atoms with E-state index in [1.165, 1.54) is 12.0 Å². The van der Waals surface area contributed by atoms with E-state index in [2.05, 4.69) is 33.4 Å². The molecule has 1 aliphatic rings. The number of allylic oxidation sites excluding steroid dienone is 1. The van der Waals surface area contributed by atoms with E-state index in [-0.39, 0.29) is 6.10 Å². The molecule has 0 heterocycles. The standard InChI is InChI=1S/C11H18O/c1-5-12-11-9(3)7-6-8(2)10(11)4/h5,7-8,10-11H,1,6H2,2-4H3/t8-,10-,11-/m1/s1. The van der Waals surface area contributed by atoms with Gasteiger partial charge in [-0.05, 0) is 30.8 Å². The highest BCUT2D eigenvalue weighted by atomic mass is 16.5. The minimum Gasteiger partial charge on any atom is -0.494 e. The molecule has 0 saturated carbocycles. The number of ether oxygens (including phenoxy) is 1. The Kier molecular flexibility index (Phi) is 2.96. The van der Waals surface area contributed by atoms with E-state index in [0.29, 0.717) is 5.92 Å². The molecule has 1 rings (SSSR count). The van der Waals surface area contributed by atoms with Crippen molar-refractivity contribution in [3.05, 3.63) is 24.5 Å². The normalized spacial score (nSPS) is 35.6. The van der Waals surface area contributed by atoms with E-state index in [1.807, 2.05) is 0 Å². The van der Waals surface area contributed by atoms with Crippen molar-refractivity contribution < 1.29 is 4.74 Å². The summed E-state index contributed by atoms with van der Waals surface area (Å²) in [6.07, 6.45) is 5.27. The SMILES string of the molecule is C=CO[C@@H]1C(C)=CC[C@@H](C)[C@H]1C. The first-order chi connectivity index (χ1) is 5.66. The first-order valence-electron chi connectivity index (χ1n) is 4.59. The summed E-state index contributed by atoms with van der Waals surface area (Å²) in [5, 5.41) is 0. The number of hydrogen-bond donors (Lipinski definition) is 0. The fourth-order valence-electron chi connectivity index (χ4n) is 1.75. The summed E-state index contributed by atoms with van der Waals surface area (Å²) >= 11 is 0. The second-order valence-corrected chi connectivity index (χ2v) is 3.74. The van der Waals surface area contributed by atoms with Crippen LogP contribution in [0.3, 0.4) is 0 Å². The van der Waals surface area contributed by atoms with Gasteiger partial charge in [0.2, 0.25) is 0 Å². The summed E-state index contributed by atoms with van der Waals surface area (Å²) in [6, 6.07) is 0. The molecule has 1 heteroatoms. The molecular weight excluding hydrogens is 148 g/mol. The van der Waals surface area contributed by atoms with Crippen LogP contribution in [0, 0.1) is 11.8 Å². The minimum absolute atomic E-state index is 0.256.